The monoisotopic (exact) mass is 275 g/mol. The summed E-state index contributed by atoms with van der Waals surface area (Å²) in [4.78, 5) is 27.5. The van der Waals surface area contributed by atoms with E-state index in [9.17, 15) is 9.59 Å². The van der Waals surface area contributed by atoms with Crippen molar-refractivity contribution in [1.82, 2.24) is 15.6 Å². The molecule has 1 aliphatic rings. The number of hydrogen-bond donors (Lipinski definition) is 2. The molecule has 1 aromatic rings. The molecular weight excluding hydrogens is 254 g/mol. The van der Waals surface area contributed by atoms with Crippen molar-refractivity contribution in [3.05, 3.63) is 30.1 Å². The molecule has 5 heteroatoms. The SMILES string of the molecule is C[C@H]1CCCC[C@H]1NC(=O)C(=O)NCc1ccncc1. The molecule has 5 nitrogen and oxygen atoms in total. The molecule has 2 amide bonds. The fourth-order valence-electron chi connectivity index (χ4n) is 2.53. The lowest BCUT2D eigenvalue weighted by Gasteiger charge is -2.29. The van der Waals surface area contributed by atoms with Crippen LogP contribution in [0.2, 0.25) is 0 Å². The van der Waals surface area contributed by atoms with Crippen molar-refractivity contribution in [3.8, 4) is 0 Å². The largest absolute Gasteiger partial charge is 0.345 e. The fraction of sp³-hybridized carbons (Fsp3) is 0.533. The van der Waals surface area contributed by atoms with Gasteiger partial charge in [0, 0.05) is 25.0 Å². The Labute approximate surface area is 119 Å². The molecule has 108 valence electrons. The highest BCUT2D eigenvalue weighted by molar-refractivity contribution is 6.35. The van der Waals surface area contributed by atoms with Crippen LogP contribution in [-0.4, -0.2) is 22.8 Å². The maximum absolute atomic E-state index is 11.8. The van der Waals surface area contributed by atoms with Crippen LogP contribution in [0, 0.1) is 5.92 Å². The van der Waals surface area contributed by atoms with E-state index in [-0.39, 0.29) is 6.04 Å². The molecule has 0 saturated heterocycles. The van der Waals surface area contributed by atoms with Crippen molar-refractivity contribution < 1.29 is 9.59 Å². The highest BCUT2D eigenvalue weighted by Crippen LogP contribution is 2.23. The van der Waals surface area contributed by atoms with Crippen LogP contribution in [0.15, 0.2) is 24.5 Å². The van der Waals surface area contributed by atoms with Crippen molar-refractivity contribution in [1.29, 1.82) is 0 Å². The summed E-state index contributed by atoms with van der Waals surface area (Å²) >= 11 is 0. The van der Waals surface area contributed by atoms with Crippen LogP contribution >= 0.6 is 0 Å². The molecule has 1 aromatic heterocycles. The van der Waals surface area contributed by atoms with Gasteiger partial charge in [-0.25, -0.2) is 0 Å². The molecule has 2 N–H and O–H groups in total. The van der Waals surface area contributed by atoms with E-state index < -0.39 is 11.8 Å². The summed E-state index contributed by atoms with van der Waals surface area (Å²) in [6.45, 7) is 2.47. The zero-order valence-electron chi connectivity index (χ0n) is 11.8. The third-order valence-corrected chi connectivity index (χ3v) is 3.84. The van der Waals surface area contributed by atoms with Gasteiger partial charge in [0.1, 0.15) is 0 Å². The minimum Gasteiger partial charge on any atom is -0.345 e. The molecule has 0 aliphatic heterocycles. The minimum atomic E-state index is -0.570. The Morgan fingerprint density at radius 3 is 2.60 bits per heavy atom. The third kappa shape index (κ3) is 4.05. The van der Waals surface area contributed by atoms with E-state index in [0.717, 1.165) is 24.8 Å². The summed E-state index contributed by atoms with van der Waals surface area (Å²) in [7, 11) is 0. The van der Waals surface area contributed by atoms with E-state index in [1.807, 2.05) is 0 Å². The van der Waals surface area contributed by atoms with E-state index in [0.29, 0.717) is 12.5 Å². The van der Waals surface area contributed by atoms with Crippen molar-refractivity contribution in [2.24, 2.45) is 5.92 Å². The van der Waals surface area contributed by atoms with E-state index in [2.05, 4.69) is 22.5 Å². The predicted octanol–water partition coefficient (Wildman–Crippen LogP) is 1.39. The van der Waals surface area contributed by atoms with E-state index in [1.165, 1.54) is 6.42 Å². The number of nitrogens with zero attached hydrogens (tertiary/aromatic N) is 1. The van der Waals surface area contributed by atoms with Crippen LogP contribution < -0.4 is 10.6 Å². The molecule has 1 fully saturated rings. The zero-order chi connectivity index (χ0) is 14.4. The Hall–Kier alpha value is -1.91. The van der Waals surface area contributed by atoms with Gasteiger partial charge in [-0.05, 0) is 36.5 Å². The lowest BCUT2D eigenvalue weighted by atomic mass is 9.86. The second kappa shape index (κ2) is 7.03. The first-order valence-corrected chi connectivity index (χ1v) is 7.14. The maximum Gasteiger partial charge on any atom is 0.309 e. The van der Waals surface area contributed by atoms with Crippen molar-refractivity contribution >= 4 is 11.8 Å². The van der Waals surface area contributed by atoms with Gasteiger partial charge in [0.25, 0.3) is 0 Å². The lowest BCUT2D eigenvalue weighted by Crippen LogP contribution is -2.47. The average Bonchev–Trinajstić information content (AvgIpc) is 2.48. The molecule has 2 rings (SSSR count). The first kappa shape index (κ1) is 14.5. The Balaban J connectivity index is 1.78. The first-order valence-electron chi connectivity index (χ1n) is 7.14. The third-order valence-electron chi connectivity index (χ3n) is 3.84. The topological polar surface area (TPSA) is 71.1 Å². The smallest absolute Gasteiger partial charge is 0.309 e. The number of hydrogen-bond acceptors (Lipinski definition) is 3. The quantitative estimate of drug-likeness (QED) is 0.819. The predicted molar refractivity (Wildman–Crippen MR) is 75.6 cm³/mol. The summed E-state index contributed by atoms with van der Waals surface area (Å²) < 4.78 is 0. The number of rotatable bonds is 3. The van der Waals surface area contributed by atoms with Crippen LogP contribution in [0.1, 0.15) is 38.2 Å². The molecule has 0 spiro atoms. The van der Waals surface area contributed by atoms with Crippen molar-refractivity contribution in [2.45, 2.75) is 45.2 Å². The van der Waals surface area contributed by atoms with E-state index in [4.69, 9.17) is 0 Å². The van der Waals surface area contributed by atoms with Gasteiger partial charge in [-0.3, -0.25) is 14.6 Å². The molecule has 1 saturated carbocycles. The molecule has 0 radical (unpaired) electrons. The summed E-state index contributed by atoms with van der Waals surface area (Å²) in [6, 6.07) is 3.74. The summed E-state index contributed by atoms with van der Waals surface area (Å²) in [6.07, 6.45) is 7.72. The number of amides is 2. The second-order valence-electron chi connectivity index (χ2n) is 5.38. The second-order valence-corrected chi connectivity index (χ2v) is 5.38. The van der Waals surface area contributed by atoms with Crippen LogP contribution in [0.25, 0.3) is 0 Å². The number of carbonyl (C=O) groups excluding carboxylic acids is 2. The Morgan fingerprint density at radius 2 is 1.90 bits per heavy atom. The Bertz CT molecular complexity index is 461. The van der Waals surface area contributed by atoms with Gasteiger partial charge >= 0.3 is 11.8 Å². The number of aromatic nitrogens is 1. The standard InChI is InChI=1S/C15H21N3O2/c1-11-4-2-3-5-13(11)18-15(20)14(19)17-10-12-6-8-16-9-7-12/h6-9,11,13H,2-5,10H2,1H3,(H,17,19)(H,18,20)/t11-,13+/m0/s1. The van der Waals surface area contributed by atoms with Crippen LogP contribution in [0.4, 0.5) is 0 Å². The lowest BCUT2D eigenvalue weighted by molar-refractivity contribution is -0.140. The van der Waals surface area contributed by atoms with E-state index >= 15 is 0 Å². The van der Waals surface area contributed by atoms with Gasteiger partial charge in [-0.15, -0.1) is 0 Å². The van der Waals surface area contributed by atoms with Gasteiger partial charge < -0.3 is 10.6 Å². The summed E-state index contributed by atoms with van der Waals surface area (Å²) in [5.41, 5.74) is 0.923. The molecule has 2 atom stereocenters. The molecule has 20 heavy (non-hydrogen) atoms. The summed E-state index contributed by atoms with van der Waals surface area (Å²) in [5, 5.41) is 5.47. The van der Waals surface area contributed by atoms with Crippen LogP contribution in [-0.2, 0) is 16.1 Å². The van der Waals surface area contributed by atoms with Gasteiger partial charge in [-0.2, -0.15) is 0 Å². The highest BCUT2D eigenvalue weighted by atomic mass is 16.2. The molecule has 0 unspecified atom stereocenters. The molecule has 1 heterocycles. The molecular formula is C15H21N3O2. The maximum atomic E-state index is 11.8. The molecule has 0 bridgehead atoms. The van der Waals surface area contributed by atoms with Crippen molar-refractivity contribution in [2.75, 3.05) is 0 Å². The van der Waals surface area contributed by atoms with Crippen LogP contribution in [0.5, 0.6) is 0 Å². The number of nitrogens with one attached hydrogen (secondary N) is 2. The number of pyridine rings is 1. The number of carbonyl (C=O) groups is 2. The van der Waals surface area contributed by atoms with Crippen LogP contribution in [0.3, 0.4) is 0 Å². The molecule has 0 aromatic carbocycles. The Morgan fingerprint density at radius 1 is 1.20 bits per heavy atom. The summed E-state index contributed by atoms with van der Waals surface area (Å²) in [5.74, 6) is -0.655. The average molecular weight is 275 g/mol. The van der Waals surface area contributed by atoms with Gasteiger partial charge in [0.15, 0.2) is 0 Å². The highest BCUT2D eigenvalue weighted by Gasteiger charge is 2.25. The normalized spacial score (nSPS) is 22.1. The first-order chi connectivity index (χ1) is 9.66. The van der Waals surface area contributed by atoms with E-state index in [1.54, 1.807) is 24.5 Å². The minimum absolute atomic E-state index is 0.128. The Kier molecular flexibility index (Phi) is 5.09. The van der Waals surface area contributed by atoms with Gasteiger partial charge in [-0.1, -0.05) is 19.8 Å². The fourth-order valence-corrected chi connectivity index (χ4v) is 2.53. The van der Waals surface area contributed by atoms with Gasteiger partial charge in [0.2, 0.25) is 0 Å². The zero-order valence-corrected chi connectivity index (χ0v) is 11.8. The van der Waals surface area contributed by atoms with Gasteiger partial charge in [0.05, 0.1) is 0 Å². The molecule has 1 aliphatic carbocycles. The van der Waals surface area contributed by atoms with Crippen molar-refractivity contribution in [3.63, 3.8) is 0 Å².